The molecule has 1 rings (SSSR count). The van der Waals surface area contributed by atoms with Crippen molar-refractivity contribution in [3.63, 3.8) is 0 Å². The minimum atomic E-state index is 0.607. The number of para-hydroxylation sites is 1. The van der Waals surface area contributed by atoms with E-state index >= 15 is 0 Å². The fraction of sp³-hybridized carbons (Fsp3) is 0.400. The van der Waals surface area contributed by atoms with E-state index in [1.807, 2.05) is 31.2 Å². The summed E-state index contributed by atoms with van der Waals surface area (Å²) in [6.07, 6.45) is 0. The smallest absolute Gasteiger partial charge is 0.124 e. The fourth-order valence-corrected chi connectivity index (χ4v) is 1.07. The Labute approximate surface area is 73.1 Å². The second-order valence-electron chi connectivity index (χ2n) is 2.47. The van der Waals surface area contributed by atoms with Crippen LogP contribution in [0.2, 0.25) is 0 Å². The van der Waals surface area contributed by atoms with Gasteiger partial charge < -0.3 is 9.47 Å². The average molecular weight is 166 g/mol. The lowest BCUT2D eigenvalue weighted by Gasteiger charge is -2.08. The molecule has 0 aliphatic rings. The molecule has 0 aliphatic carbocycles. The summed E-state index contributed by atoms with van der Waals surface area (Å²) in [6.45, 7) is 3.28. The normalized spacial score (nSPS) is 9.83. The van der Waals surface area contributed by atoms with E-state index in [0.717, 1.165) is 11.3 Å². The topological polar surface area (TPSA) is 18.5 Å². The Morgan fingerprint density at radius 2 is 2.00 bits per heavy atom. The number of benzene rings is 1. The number of hydrogen-bond donors (Lipinski definition) is 0. The monoisotopic (exact) mass is 166 g/mol. The quantitative estimate of drug-likeness (QED) is 0.683. The van der Waals surface area contributed by atoms with Crippen molar-refractivity contribution in [1.29, 1.82) is 0 Å². The summed E-state index contributed by atoms with van der Waals surface area (Å²) in [5.74, 6) is 0.918. The van der Waals surface area contributed by atoms with Crippen LogP contribution in [0.5, 0.6) is 5.75 Å². The van der Waals surface area contributed by atoms with Crippen molar-refractivity contribution in [1.82, 2.24) is 0 Å². The summed E-state index contributed by atoms with van der Waals surface area (Å²) < 4.78 is 10.4. The van der Waals surface area contributed by atoms with Crippen molar-refractivity contribution < 1.29 is 9.47 Å². The number of hydrogen-bond acceptors (Lipinski definition) is 2. The summed E-state index contributed by atoms with van der Waals surface area (Å²) in [5.41, 5.74) is 1.10. The predicted molar refractivity (Wildman–Crippen MR) is 48.3 cm³/mol. The molecule has 66 valence electrons. The SMILES string of the molecule is CCOc1ccccc1COC. The third kappa shape index (κ3) is 2.24. The van der Waals surface area contributed by atoms with Gasteiger partial charge in [0.1, 0.15) is 5.75 Å². The third-order valence-corrected chi connectivity index (χ3v) is 1.57. The zero-order valence-electron chi connectivity index (χ0n) is 7.54. The zero-order valence-corrected chi connectivity index (χ0v) is 7.54. The van der Waals surface area contributed by atoms with E-state index in [-0.39, 0.29) is 0 Å². The summed E-state index contributed by atoms with van der Waals surface area (Å²) >= 11 is 0. The van der Waals surface area contributed by atoms with Crippen molar-refractivity contribution in [2.75, 3.05) is 13.7 Å². The molecule has 2 nitrogen and oxygen atoms in total. The molecule has 1 aromatic carbocycles. The molecule has 0 saturated heterocycles. The molecule has 0 heterocycles. The Morgan fingerprint density at radius 3 is 2.67 bits per heavy atom. The van der Waals surface area contributed by atoms with E-state index in [9.17, 15) is 0 Å². The van der Waals surface area contributed by atoms with Gasteiger partial charge in [-0.25, -0.2) is 0 Å². The van der Waals surface area contributed by atoms with Gasteiger partial charge in [-0.05, 0) is 13.0 Å². The van der Waals surface area contributed by atoms with Crippen molar-refractivity contribution in [3.8, 4) is 5.75 Å². The highest BCUT2D eigenvalue weighted by Crippen LogP contribution is 2.18. The number of ether oxygens (including phenoxy) is 2. The van der Waals surface area contributed by atoms with Crippen LogP contribution >= 0.6 is 0 Å². The molecule has 0 spiro atoms. The van der Waals surface area contributed by atoms with Crippen molar-refractivity contribution in [2.45, 2.75) is 13.5 Å². The Bertz CT molecular complexity index is 208. The summed E-state index contributed by atoms with van der Waals surface area (Å²) in [7, 11) is 1.68. The lowest BCUT2D eigenvalue weighted by molar-refractivity contribution is 0.180. The van der Waals surface area contributed by atoms with Crippen molar-refractivity contribution in [3.05, 3.63) is 29.8 Å². The molecule has 0 bridgehead atoms. The van der Waals surface area contributed by atoms with Crippen LogP contribution in [0.3, 0.4) is 0 Å². The lowest BCUT2D eigenvalue weighted by atomic mass is 10.2. The van der Waals surface area contributed by atoms with Crippen LogP contribution in [0.4, 0.5) is 0 Å². The molecule has 2 heteroatoms. The summed E-state index contributed by atoms with van der Waals surface area (Å²) in [6, 6.07) is 7.91. The Hall–Kier alpha value is -1.02. The zero-order chi connectivity index (χ0) is 8.81. The summed E-state index contributed by atoms with van der Waals surface area (Å²) in [4.78, 5) is 0. The van der Waals surface area contributed by atoms with Gasteiger partial charge in [0, 0.05) is 12.7 Å². The van der Waals surface area contributed by atoms with Crippen LogP contribution < -0.4 is 4.74 Å². The molecule has 0 amide bonds. The van der Waals surface area contributed by atoms with Gasteiger partial charge in [0.15, 0.2) is 0 Å². The van der Waals surface area contributed by atoms with E-state index < -0.39 is 0 Å². The minimum Gasteiger partial charge on any atom is -0.494 e. The van der Waals surface area contributed by atoms with Crippen molar-refractivity contribution in [2.24, 2.45) is 0 Å². The van der Waals surface area contributed by atoms with E-state index in [1.165, 1.54) is 0 Å². The summed E-state index contributed by atoms with van der Waals surface area (Å²) in [5, 5.41) is 0. The molecule has 0 N–H and O–H groups in total. The van der Waals surface area contributed by atoms with Crippen LogP contribution in [0.1, 0.15) is 12.5 Å². The van der Waals surface area contributed by atoms with Gasteiger partial charge in [-0.15, -0.1) is 0 Å². The molecule has 0 fully saturated rings. The molecular weight excluding hydrogens is 152 g/mol. The third-order valence-electron chi connectivity index (χ3n) is 1.57. The maximum atomic E-state index is 5.41. The van der Waals surface area contributed by atoms with Gasteiger partial charge in [0.05, 0.1) is 13.2 Å². The standard InChI is InChI=1S/C10H14O2/c1-3-12-10-7-5-4-6-9(10)8-11-2/h4-7H,3,8H2,1-2H3. The van der Waals surface area contributed by atoms with Crippen molar-refractivity contribution >= 4 is 0 Å². The molecule has 0 unspecified atom stereocenters. The van der Waals surface area contributed by atoms with Gasteiger partial charge >= 0.3 is 0 Å². The second-order valence-corrected chi connectivity index (χ2v) is 2.47. The average Bonchev–Trinajstić information content (AvgIpc) is 2.09. The molecule has 0 aromatic heterocycles. The molecule has 0 radical (unpaired) electrons. The highest BCUT2D eigenvalue weighted by molar-refractivity contribution is 5.32. The van der Waals surface area contributed by atoms with Gasteiger partial charge in [0.25, 0.3) is 0 Å². The lowest BCUT2D eigenvalue weighted by Crippen LogP contribution is -1.97. The van der Waals surface area contributed by atoms with E-state index in [1.54, 1.807) is 7.11 Å². The van der Waals surface area contributed by atoms with Gasteiger partial charge in [-0.2, -0.15) is 0 Å². The first-order valence-corrected chi connectivity index (χ1v) is 4.08. The van der Waals surface area contributed by atoms with E-state index in [2.05, 4.69) is 0 Å². The van der Waals surface area contributed by atoms with Gasteiger partial charge in [-0.3, -0.25) is 0 Å². The largest absolute Gasteiger partial charge is 0.494 e. The molecular formula is C10H14O2. The molecule has 1 aromatic rings. The van der Waals surface area contributed by atoms with Crippen LogP contribution in [-0.4, -0.2) is 13.7 Å². The predicted octanol–water partition coefficient (Wildman–Crippen LogP) is 2.23. The highest BCUT2D eigenvalue weighted by Gasteiger charge is 1.99. The Balaban J connectivity index is 2.77. The van der Waals surface area contributed by atoms with E-state index in [4.69, 9.17) is 9.47 Å². The Morgan fingerprint density at radius 1 is 1.25 bits per heavy atom. The van der Waals surface area contributed by atoms with Gasteiger partial charge in [0.2, 0.25) is 0 Å². The first-order chi connectivity index (χ1) is 5.88. The number of methoxy groups -OCH3 is 1. The van der Waals surface area contributed by atoms with Crippen LogP contribution in [-0.2, 0) is 11.3 Å². The maximum absolute atomic E-state index is 5.41. The first-order valence-electron chi connectivity index (χ1n) is 4.08. The first kappa shape index (κ1) is 9.07. The molecule has 0 saturated carbocycles. The van der Waals surface area contributed by atoms with Gasteiger partial charge in [-0.1, -0.05) is 18.2 Å². The maximum Gasteiger partial charge on any atom is 0.124 e. The Kier molecular flexibility index (Phi) is 3.61. The highest BCUT2D eigenvalue weighted by atomic mass is 16.5. The van der Waals surface area contributed by atoms with Crippen LogP contribution in [0.25, 0.3) is 0 Å². The second kappa shape index (κ2) is 4.78. The molecule has 0 atom stereocenters. The van der Waals surface area contributed by atoms with Crippen LogP contribution in [0, 0.1) is 0 Å². The molecule has 12 heavy (non-hydrogen) atoms. The minimum absolute atomic E-state index is 0.607. The fourth-order valence-electron chi connectivity index (χ4n) is 1.07. The van der Waals surface area contributed by atoms with Crippen LogP contribution in [0.15, 0.2) is 24.3 Å². The number of rotatable bonds is 4. The van der Waals surface area contributed by atoms with E-state index in [0.29, 0.717) is 13.2 Å². The molecule has 0 aliphatic heterocycles.